The predicted octanol–water partition coefficient (Wildman–Crippen LogP) is 6.94. The van der Waals surface area contributed by atoms with Crippen LogP contribution in [0, 0.1) is 23.7 Å². The SMILES string of the molecule is c1ccc(N2c3ccccc3C3(OC34C3CC5CC(C3)CC4C5)c3ccccc32)cc1. The zero-order valence-electron chi connectivity index (χ0n) is 17.7. The van der Waals surface area contributed by atoms with Crippen LogP contribution in [0.2, 0.25) is 0 Å². The van der Waals surface area contributed by atoms with E-state index >= 15 is 0 Å². The minimum absolute atomic E-state index is 0.00933. The molecule has 0 atom stereocenters. The largest absolute Gasteiger partial charge is 0.351 e. The van der Waals surface area contributed by atoms with Gasteiger partial charge in [-0.3, -0.25) is 0 Å². The highest BCUT2D eigenvalue weighted by molar-refractivity contribution is 5.87. The monoisotopic (exact) mass is 405 g/mol. The summed E-state index contributed by atoms with van der Waals surface area (Å²) in [6.45, 7) is 0. The van der Waals surface area contributed by atoms with Crippen molar-refractivity contribution in [3.05, 3.63) is 90.0 Å². The van der Waals surface area contributed by atoms with E-state index in [-0.39, 0.29) is 11.2 Å². The average molecular weight is 406 g/mol. The van der Waals surface area contributed by atoms with E-state index in [0.29, 0.717) is 11.8 Å². The van der Waals surface area contributed by atoms with Gasteiger partial charge in [-0.2, -0.15) is 0 Å². The fourth-order valence-electron chi connectivity index (χ4n) is 8.45. The Labute approximate surface area is 183 Å². The number of ether oxygens (including phenoxy) is 1. The predicted molar refractivity (Wildman–Crippen MR) is 123 cm³/mol. The van der Waals surface area contributed by atoms with Gasteiger partial charge < -0.3 is 9.64 Å². The Kier molecular flexibility index (Phi) is 3.08. The minimum atomic E-state index is -0.270. The first-order valence-electron chi connectivity index (χ1n) is 12.1. The molecule has 31 heavy (non-hydrogen) atoms. The Morgan fingerprint density at radius 1 is 0.613 bits per heavy atom. The van der Waals surface area contributed by atoms with Crippen molar-refractivity contribution in [3.8, 4) is 0 Å². The molecule has 154 valence electrons. The number of nitrogens with zero attached hydrogens (tertiary/aromatic N) is 1. The van der Waals surface area contributed by atoms with Crippen LogP contribution in [0.5, 0.6) is 0 Å². The average Bonchev–Trinajstić information content (AvgIpc) is 3.49. The van der Waals surface area contributed by atoms with Gasteiger partial charge in [-0.05, 0) is 80.0 Å². The lowest BCUT2D eigenvalue weighted by Gasteiger charge is -2.55. The summed E-state index contributed by atoms with van der Waals surface area (Å²) in [7, 11) is 0. The Bertz CT molecular complexity index is 1120. The molecular formula is C29H27NO. The van der Waals surface area contributed by atoms with E-state index in [1.807, 2.05) is 0 Å². The molecule has 3 aromatic carbocycles. The first-order valence-corrected chi connectivity index (χ1v) is 12.1. The smallest absolute Gasteiger partial charge is 0.152 e. The standard InChI is InChI=1S/C29H27NO/c1-2-8-23(9-3-1)30-26-12-6-4-10-24(26)29(25-11-5-7-13-27(25)30)28(31-29)21-15-19-14-20(17-21)18-22(28)16-19/h1-13,19-22H,14-18H2. The molecule has 2 heterocycles. The van der Waals surface area contributed by atoms with Crippen molar-refractivity contribution in [2.75, 3.05) is 4.90 Å². The second-order valence-corrected chi connectivity index (χ2v) is 10.6. The van der Waals surface area contributed by atoms with Crippen LogP contribution in [-0.2, 0) is 10.3 Å². The number of benzene rings is 3. The molecule has 4 aliphatic carbocycles. The number of fused-ring (bicyclic) bond motifs is 4. The molecule has 4 saturated carbocycles. The maximum Gasteiger partial charge on any atom is 0.152 e. The highest BCUT2D eigenvalue weighted by Crippen LogP contribution is 2.78. The van der Waals surface area contributed by atoms with Crippen molar-refractivity contribution in [2.45, 2.75) is 43.3 Å². The van der Waals surface area contributed by atoms with Gasteiger partial charge in [0.1, 0.15) is 5.60 Å². The normalized spacial score (nSPS) is 35.3. The summed E-state index contributed by atoms with van der Waals surface area (Å²) >= 11 is 0. The molecule has 3 aromatic rings. The maximum atomic E-state index is 7.22. The van der Waals surface area contributed by atoms with Crippen LogP contribution in [0.15, 0.2) is 78.9 Å². The van der Waals surface area contributed by atoms with Crippen LogP contribution >= 0.6 is 0 Å². The molecule has 0 aromatic heterocycles. The molecule has 6 aliphatic rings. The molecule has 0 N–H and O–H groups in total. The second-order valence-electron chi connectivity index (χ2n) is 10.6. The Morgan fingerprint density at radius 3 is 1.71 bits per heavy atom. The van der Waals surface area contributed by atoms with Gasteiger partial charge in [0.15, 0.2) is 5.60 Å². The van der Waals surface area contributed by atoms with Gasteiger partial charge in [0.2, 0.25) is 0 Å². The summed E-state index contributed by atoms with van der Waals surface area (Å²) in [5, 5.41) is 0. The summed E-state index contributed by atoms with van der Waals surface area (Å²) in [5.74, 6) is 3.33. The van der Waals surface area contributed by atoms with Crippen molar-refractivity contribution in [3.63, 3.8) is 0 Å². The summed E-state index contributed by atoms with van der Waals surface area (Å²) in [5.41, 5.74) is 6.30. The molecule has 0 unspecified atom stereocenters. The van der Waals surface area contributed by atoms with Crippen LogP contribution in [0.1, 0.15) is 43.2 Å². The Hall–Kier alpha value is -2.58. The Balaban J connectivity index is 1.39. The van der Waals surface area contributed by atoms with Crippen molar-refractivity contribution < 1.29 is 4.74 Å². The molecule has 5 fully saturated rings. The van der Waals surface area contributed by atoms with Crippen LogP contribution in [0.3, 0.4) is 0 Å². The zero-order valence-corrected chi connectivity index (χ0v) is 17.7. The first-order chi connectivity index (χ1) is 15.3. The van der Waals surface area contributed by atoms with E-state index in [4.69, 9.17) is 4.74 Å². The van der Waals surface area contributed by atoms with Crippen molar-refractivity contribution >= 4 is 17.1 Å². The number of para-hydroxylation sites is 3. The van der Waals surface area contributed by atoms with E-state index in [1.165, 1.54) is 60.3 Å². The van der Waals surface area contributed by atoms with Crippen LogP contribution in [-0.4, -0.2) is 5.60 Å². The minimum Gasteiger partial charge on any atom is -0.351 e. The highest BCUT2D eigenvalue weighted by Gasteiger charge is 2.81. The van der Waals surface area contributed by atoms with E-state index in [1.54, 1.807) is 0 Å². The third-order valence-electron chi connectivity index (χ3n) is 9.24. The van der Waals surface area contributed by atoms with Gasteiger partial charge in [0.05, 0.1) is 11.4 Å². The van der Waals surface area contributed by atoms with E-state index < -0.39 is 0 Å². The van der Waals surface area contributed by atoms with Crippen LogP contribution in [0.4, 0.5) is 17.1 Å². The number of rotatable bonds is 1. The van der Waals surface area contributed by atoms with Crippen LogP contribution < -0.4 is 4.90 Å². The van der Waals surface area contributed by atoms with E-state index in [2.05, 4.69) is 83.8 Å². The molecule has 4 bridgehead atoms. The number of hydrogen-bond acceptors (Lipinski definition) is 2. The fraction of sp³-hybridized carbons (Fsp3) is 0.379. The summed E-state index contributed by atoms with van der Waals surface area (Å²) in [6.07, 6.45) is 6.98. The fourth-order valence-corrected chi connectivity index (χ4v) is 8.45. The molecular weight excluding hydrogens is 378 g/mol. The number of anilines is 3. The maximum absolute atomic E-state index is 7.22. The lowest BCUT2D eigenvalue weighted by atomic mass is 9.48. The summed E-state index contributed by atoms with van der Waals surface area (Å²) < 4.78 is 7.22. The topological polar surface area (TPSA) is 15.8 Å². The highest BCUT2D eigenvalue weighted by atomic mass is 16.6. The molecule has 0 radical (unpaired) electrons. The third kappa shape index (κ3) is 1.91. The second kappa shape index (κ2) is 5.61. The summed E-state index contributed by atoms with van der Waals surface area (Å²) in [6, 6.07) is 28.9. The first kappa shape index (κ1) is 17.0. The quantitative estimate of drug-likeness (QED) is 0.408. The van der Waals surface area contributed by atoms with Gasteiger partial charge >= 0.3 is 0 Å². The lowest BCUT2D eigenvalue weighted by molar-refractivity contribution is -0.0563. The molecule has 2 spiro atoms. The molecule has 0 amide bonds. The molecule has 2 nitrogen and oxygen atoms in total. The zero-order chi connectivity index (χ0) is 20.2. The van der Waals surface area contributed by atoms with Gasteiger partial charge in [-0.25, -0.2) is 0 Å². The third-order valence-corrected chi connectivity index (χ3v) is 9.24. The van der Waals surface area contributed by atoms with E-state index in [9.17, 15) is 0 Å². The summed E-state index contributed by atoms with van der Waals surface area (Å²) in [4.78, 5) is 2.45. The van der Waals surface area contributed by atoms with Gasteiger partial charge in [0.25, 0.3) is 0 Å². The lowest BCUT2D eigenvalue weighted by Crippen LogP contribution is -2.54. The molecule has 1 saturated heterocycles. The van der Waals surface area contributed by atoms with Gasteiger partial charge in [0, 0.05) is 16.8 Å². The van der Waals surface area contributed by atoms with Crippen molar-refractivity contribution in [2.24, 2.45) is 23.7 Å². The number of epoxide rings is 1. The van der Waals surface area contributed by atoms with Crippen molar-refractivity contribution in [1.82, 2.24) is 0 Å². The number of hydrogen-bond donors (Lipinski definition) is 0. The molecule has 2 aliphatic heterocycles. The molecule has 9 rings (SSSR count). The van der Waals surface area contributed by atoms with Crippen molar-refractivity contribution in [1.29, 1.82) is 0 Å². The van der Waals surface area contributed by atoms with Gasteiger partial charge in [-0.1, -0.05) is 54.6 Å². The molecule has 2 heteroatoms. The van der Waals surface area contributed by atoms with E-state index in [0.717, 1.165) is 11.8 Å². The van der Waals surface area contributed by atoms with Crippen LogP contribution in [0.25, 0.3) is 0 Å². The Morgan fingerprint density at radius 2 is 1.13 bits per heavy atom. The van der Waals surface area contributed by atoms with Gasteiger partial charge in [-0.15, -0.1) is 0 Å².